The number of nitrogens with one attached hydrogen (secondary N) is 2. The molecule has 0 unspecified atom stereocenters. The van der Waals surface area contributed by atoms with Gasteiger partial charge in [0.1, 0.15) is 0 Å². The SMILES string of the molecule is Cc1ccc(N2C[C@@H](C(=O)O[C@@H](C)C(=O)NNC(=O)c3ccccc3)CC2=O)cc1. The van der Waals surface area contributed by atoms with Crippen LogP contribution in [0.5, 0.6) is 0 Å². The number of rotatable bonds is 5. The third-order valence-corrected chi connectivity index (χ3v) is 4.80. The minimum Gasteiger partial charge on any atom is -0.452 e. The Morgan fingerprint density at radius 2 is 1.70 bits per heavy atom. The summed E-state index contributed by atoms with van der Waals surface area (Å²) in [5.74, 6) is -2.62. The number of esters is 1. The molecular formula is C22H23N3O5. The Morgan fingerprint density at radius 1 is 1.03 bits per heavy atom. The first kappa shape index (κ1) is 21.0. The Balaban J connectivity index is 1.50. The number of anilines is 1. The number of hydrazine groups is 1. The molecule has 1 aliphatic heterocycles. The van der Waals surface area contributed by atoms with Crippen LogP contribution in [0.3, 0.4) is 0 Å². The molecule has 0 radical (unpaired) electrons. The minimum atomic E-state index is -1.13. The third kappa shape index (κ3) is 5.02. The fourth-order valence-corrected chi connectivity index (χ4v) is 3.05. The highest BCUT2D eigenvalue weighted by atomic mass is 16.5. The van der Waals surface area contributed by atoms with E-state index in [9.17, 15) is 19.2 Å². The molecule has 30 heavy (non-hydrogen) atoms. The predicted octanol–water partition coefficient (Wildman–Crippen LogP) is 1.74. The molecule has 1 fully saturated rings. The van der Waals surface area contributed by atoms with Crippen molar-refractivity contribution in [2.24, 2.45) is 5.92 Å². The van der Waals surface area contributed by atoms with Gasteiger partial charge in [-0.2, -0.15) is 0 Å². The molecule has 1 heterocycles. The molecule has 1 saturated heterocycles. The highest BCUT2D eigenvalue weighted by Gasteiger charge is 2.37. The average molecular weight is 409 g/mol. The summed E-state index contributed by atoms with van der Waals surface area (Å²) >= 11 is 0. The van der Waals surface area contributed by atoms with E-state index >= 15 is 0 Å². The van der Waals surface area contributed by atoms with E-state index < -0.39 is 29.8 Å². The lowest BCUT2D eigenvalue weighted by Crippen LogP contribution is -2.47. The molecular weight excluding hydrogens is 386 g/mol. The van der Waals surface area contributed by atoms with Gasteiger partial charge in [0.2, 0.25) is 5.91 Å². The largest absolute Gasteiger partial charge is 0.452 e. The molecule has 8 nitrogen and oxygen atoms in total. The molecule has 0 aromatic heterocycles. The maximum Gasteiger partial charge on any atom is 0.312 e. The summed E-state index contributed by atoms with van der Waals surface area (Å²) in [5.41, 5.74) is 6.67. The highest BCUT2D eigenvalue weighted by Crippen LogP contribution is 2.26. The Morgan fingerprint density at radius 3 is 2.37 bits per heavy atom. The second-order valence-corrected chi connectivity index (χ2v) is 7.13. The first-order valence-corrected chi connectivity index (χ1v) is 9.58. The molecule has 3 rings (SSSR count). The van der Waals surface area contributed by atoms with Gasteiger partial charge in [0.25, 0.3) is 11.8 Å². The second-order valence-electron chi connectivity index (χ2n) is 7.13. The van der Waals surface area contributed by atoms with E-state index in [2.05, 4.69) is 10.9 Å². The van der Waals surface area contributed by atoms with Crippen molar-refractivity contribution in [1.82, 2.24) is 10.9 Å². The van der Waals surface area contributed by atoms with Gasteiger partial charge in [-0.15, -0.1) is 0 Å². The van der Waals surface area contributed by atoms with E-state index in [-0.39, 0.29) is 18.9 Å². The van der Waals surface area contributed by atoms with Gasteiger partial charge in [0.15, 0.2) is 6.10 Å². The molecule has 156 valence electrons. The van der Waals surface area contributed by atoms with Crippen LogP contribution in [0.1, 0.15) is 29.3 Å². The first-order valence-electron chi connectivity index (χ1n) is 9.58. The van der Waals surface area contributed by atoms with Crippen LogP contribution >= 0.6 is 0 Å². The minimum absolute atomic E-state index is 0.0196. The number of nitrogens with zero attached hydrogens (tertiary/aromatic N) is 1. The van der Waals surface area contributed by atoms with Crippen molar-refractivity contribution in [1.29, 1.82) is 0 Å². The number of aryl methyl sites for hydroxylation is 1. The van der Waals surface area contributed by atoms with Crippen molar-refractivity contribution in [2.75, 3.05) is 11.4 Å². The number of carbonyl (C=O) groups excluding carboxylic acids is 4. The van der Waals surface area contributed by atoms with E-state index in [0.717, 1.165) is 11.3 Å². The second kappa shape index (κ2) is 9.21. The molecule has 0 spiro atoms. The van der Waals surface area contributed by atoms with Crippen LogP contribution in [-0.2, 0) is 19.1 Å². The Labute approximate surface area is 174 Å². The van der Waals surface area contributed by atoms with Crippen LogP contribution in [-0.4, -0.2) is 36.3 Å². The summed E-state index contributed by atoms with van der Waals surface area (Å²) in [6.07, 6.45) is -1.11. The summed E-state index contributed by atoms with van der Waals surface area (Å²) in [6, 6.07) is 15.8. The van der Waals surface area contributed by atoms with Crippen molar-refractivity contribution >= 4 is 29.4 Å². The van der Waals surface area contributed by atoms with Crippen molar-refractivity contribution in [3.63, 3.8) is 0 Å². The molecule has 2 aromatic rings. The highest BCUT2D eigenvalue weighted by molar-refractivity contribution is 6.00. The number of hydrogen-bond donors (Lipinski definition) is 2. The van der Waals surface area contributed by atoms with Gasteiger partial charge < -0.3 is 9.64 Å². The first-order chi connectivity index (χ1) is 14.3. The van der Waals surface area contributed by atoms with Crippen LogP contribution in [0.25, 0.3) is 0 Å². The molecule has 1 aliphatic rings. The number of benzene rings is 2. The van der Waals surface area contributed by atoms with Crippen molar-refractivity contribution < 1.29 is 23.9 Å². The molecule has 2 N–H and O–H groups in total. The molecule has 8 heteroatoms. The topological polar surface area (TPSA) is 105 Å². The lowest BCUT2D eigenvalue weighted by Gasteiger charge is -2.18. The van der Waals surface area contributed by atoms with Crippen LogP contribution in [0.2, 0.25) is 0 Å². The van der Waals surface area contributed by atoms with E-state index in [0.29, 0.717) is 5.56 Å². The summed E-state index contributed by atoms with van der Waals surface area (Å²) in [6.45, 7) is 3.54. The predicted molar refractivity (Wildman–Crippen MR) is 109 cm³/mol. The lowest BCUT2D eigenvalue weighted by atomic mass is 10.1. The zero-order valence-corrected chi connectivity index (χ0v) is 16.8. The normalized spacial score (nSPS) is 16.7. The van der Waals surface area contributed by atoms with E-state index in [1.165, 1.54) is 11.8 Å². The van der Waals surface area contributed by atoms with Crippen molar-refractivity contribution in [3.05, 3.63) is 65.7 Å². The monoisotopic (exact) mass is 409 g/mol. The summed E-state index contributed by atoms with van der Waals surface area (Å²) < 4.78 is 5.20. The Bertz CT molecular complexity index is 943. The zero-order valence-electron chi connectivity index (χ0n) is 16.8. The van der Waals surface area contributed by atoms with Gasteiger partial charge in [0.05, 0.1) is 5.92 Å². The quantitative estimate of drug-likeness (QED) is 0.578. The summed E-state index contributed by atoms with van der Waals surface area (Å²) in [4.78, 5) is 50.3. The maximum atomic E-state index is 12.4. The van der Waals surface area contributed by atoms with Crippen LogP contribution in [0, 0.1) is 12.8 Å². The molecule has 0 saturated carbocycles. The fourth-order valence-electron chi connectivity index (χ4n) is 3.05. The molecule has 3 amide bonds. The number of carbonyl (C=O) groups is 4. The molecule has 0 aliphatic carbocycles. The van der Waals surface area contributed by atoms with Gasteiger partial charge in [0, 0.05) is 24.2 Å². The standard InChI is InChI=1S/C22H23N3O5/c1-14-8-10-18(11-9-14)25-13-17(12-19(25)26)22(29)30-15(2)20(27)23-24-21(28)16-6-4-3-5-7-16/h3-11,15,17H,12-13H2,1-2H3,(H,23,27)(H,24,28)/t15-,17-/m0/s1. The van der Waals surface area contributed by atoms with Gasteiger partial charge in [-0.25, -0.2) is 0 Å². The van der Waals surface area contributed by atoms with E-state index in [1.54, 1.807) is 30.3 Å². The van der Waals surface area contributed by atoms with Crippen LogP contribution < -0.4 is 15.8 Å². The van der Waals surface area contributed by atoms with E-state index in [4.69, 9.17) is 4.74 Å². The molecule has 0 bridgehead atoms. The maximum absolute atomic E-state index is 12.4. The van der Waals surface area contributed by atoms with Gasteiger partial charge in [-0.05, 0) is 38.1 Å². The van der Waals surface area contributed by atoms with Crippen molar-refractivity contribution in [3.8, 4) is 0 Å². The van der Waals surface area contributed by atoms with Gasteiger partial charge in [-0.3, -0.25) is 30.0 Å². The molecule has 2 aromatic carbocycles. The average Bonchev–Trinajstić information content (AvgIpc) is 3.14. The number of ether oxygens (including phenoxy) is 1. The fraction of sp³-hybridized carbons (Fsp3) is 0.273. The number of amides is 3. The van der Waals surface area contributed by atoms with Gasteiger partial charge >= 0.3 is 5.97 Å². The summed E-state index contributed by atoms with van der Waals surface area (Å²) in [5, 5.41) is 0. The zero-order chi connectivity index (χ0) is 21.7. The van der Waals surface area contributed by atoms with Gasteiger partial charge in [-0.1, -0.05) is 35.9 Å². The van der Waals surface area contributed by atoms with Crippen LogP contribution in [0.4, 0.5) is 5.69 Å². The van der Waals surface area contributed by atoms with Crippen LogP contribution in [0.15, 0.2) is 54.6 Å². The van der Waals surface area contributed by atoms with Crippen molar-refractivity contribution in [2.45, 2.75) is 26.4 Å². The third-order valence-electron chi connectivity index (χ3n) is 4.80. The Hall–Kier alpha value is -3.68. The smallest absolute Gasteiger partial charge is 0.312 e. The lowest BCUT2D eigenvalue weighted by molar-refractivity contribution is -0.158. The number of hydrogen-bond acceptors (Lipinski definition) is 5. The summed E-state index contributed by atoms with van der Waals surface area (Å²) in [7, 11) is 0. The molecule has 2 atom stereocenters. The Kier molecular flexibility index (Phi) is 6.46. The van der Waals surface area contributed by atoms with E-state index in [1.807, 2.05) is 31.2 Å².